The Hall–Kier alpha value is -0.370. The highest BCUT2D eigenvalue weighted by Gasteiger charge is 1.99. The largest absolute Gasteiger partial charge is 0.412 e. The molecule has 0 unspecified atom stereocenters. The van der Waals surface area contributed by atoms with Crippen LogP contribution in [0.4, 0.5) is 0 Å². The number of carbonyl (C=O) groups excluding carboxylic acids is 1. The minimum absolute atomic E-state index is 0. The van der Waals surface area contributed by atoms with Crippen molar-refractivity contribution in [3.63, 3.8) is 0 Å². The third kappa shape index (κ3) is 11.6. The Morgan fingerprint density at radius 2 is 1.38 bits per heavy atom. The molecule has 0 aromatic carbocycles. The van der Waals surface area contributed by atoms with Crippen LogP contribution in [0, 0.1) is 0 Å². The molecule has 0 saturated carbocycles. The lowest BCUT2D eigenvalue weighted by Crippen LogP contribution is -1.96. The number of unbranched alkanes of at least 4 members (excludes halogenated alkanes) is 4. The molecule has 0 saturated heterocycles. The van der Waals surface area contributed by atoms with Crippen molar-refractivity contribution in [1.82, 2.24) is 0 Å². The molecule has 0 amide bonds. The van der Waals surface area contributed by atoms with Crippen molar-refractivity contribution >= 4 is 5.78 Å². The highest BCUT2D eigenvalue weighted by Crippen LogP contribution is 2.06. The quantitative estimate of drug-likeness (QED) is 0.540. The third-order valence-electron chi connectivity index (χ3n) is 2.12. The van der Waals surface area contributed by atoms with E-state index < -0.39 is 0 Å². The van der Waals surface area contributed by atoms with E-state index >= 15 is 0 Å². The number of ketones is 1. The van der Waals surface area contributed by atoms with E-state index in [-0.39, 0.29) is 5.48 Å². The van der Waals surface area contributed by atoms with Crippen LogP contribution in [0.5, 0.6) is 0 Å². The smallest absolute Gasteiger partial charge is 0.132 e. The summed E-state index contributed by atoms with van der Waals surface area (Å²) in [5, 5.41) is 0. The van der Waals surface area contributed by atoms with E-state index in [1.807, 2.05) is 0 Å². The summed E-state index contributed by atoms with van der Waals surface area (Å²) in [5.41, 5.74) is 0. The maximum absolute atomic E-state index is 11.2. The lowest BCUT2D eigenvalue weighted by atomic mass is 10.1. The fraction of sp³-hybridized carbons (Fsp3) is 0.909. The molecule has 0 radical (unpaired) electrons. The molecule has 80 valence electrons. The predicted molar refractivity (Wildman–Crippen MR) is 56.9 cm³/mol. The molecule has 0 heterocycles. The number of Topliss-reactive ketones (excluding diaryl/α,β-unsaturated/α-hetero) is 1. The van der Waals surface area contributed by atoms with E-state index in [4.69, 9.17) is 0 Å². The highest BCUT2D eigenvalue weighted by molar-refractivity contribution is 5.78. The van der Waals surface area contributed by atoms with Gasteiger partial charge in [-0.1, -0.05) is 39.5 Å². The fourth-order valence-electron chi connectivity index (χ4n) is 1.25. The van der Waals surface area contributed by atoms with Gasteiger partial charge in [-0.15, -0.1) is 0 Å². The fourth-order valence-corrected chi connectivity index (χ4v) is 1.25. The van der Waals surface area contributed by atoms with Gasteiger partial charge in [-0.05, 0) is 12.8 Å². The lowest BCUT2D eigenvalue weighted by molar-refractivity contribution is -0.119. The Balaban J connectivity index is 0. The number of hydrogen-bond donors (Lipinski definition) is 0. The first kappa shape index (κ1) is 15.1. The van der Waals surface area contributed by atoms with Crippen LogP contribution in [-0.2, 0) is 4.79 Å². The van der Waals surface area contributed by atoms with Crippen LogP contribution in [0.25, 0.3) is 0 Å². The van der Waals surface area contributed by atoms with Gasteiger partial charge in [0.05, 0.1) is 0 Å². The summed E-state index contributed by atoms with van der Waals surface area (Å²) in [6, 6.07) is 0. The van der Waals surface area contributed by atoms with Gasteiger partial charge in [-0.3, -0.25) is 4.79 Å². The molecule has 2 heteroatoms. The van der Waals surface area contributed by atoms with Crippen molar-refractivity contribution < 1.29 is 10.3 Å². The Bertz CT molecular complexity index is 111. The van der Waals surface area contributed by atoms with Gasteiger partial charge in [0.25, 0.3) is 0 Å². The normalized spacial score (nSPS) is 9.38. The minimum atomic E-state index is 0. The maximum Gasteiger partial charge on any atom is 0.132 e. The van der Waals surface area contributed by atoms with Crippen molar-refractivity contribution in [2.45, 2.75) is 65.2 Å². The predicted octanol–water partition coefficient (Wildman–Crippen LogP) is 2.89. The summed E-state index contributed by atoms with van der Waals surface area (Å²) in [7, 11) is 0. The second-order valence-corrected chi connectivity index (χ2v) is 3.45. The molecule has 0 spiro atoms. The van der Waals surface area contributed by atoms with Gasteiger partial charge in [0, 0.05) is 12.8 Å². The van der Waals surface area contributed by atoms with Crippen LogP contribution >= 0.6 is 0 Å². The maximum atomic E-state index is 11.2. The molecular weight excluding hydrogens is 164 g/mol. The Kier molecular flexibility index (Phi) is 13.5. The topological polar surface area (TPSA) is 48.6 Å². The molecule has 0 fully saturated rings. The van der Waals surface area contributed by atoms with Gasteiger partial charge >= 0.3 is 0 Å². The third-order valence-corrected chi connectivity index (χ3v) is 2.12. The van der Waals surface area contributed by atoms with Crippen molar-refractivity contribution in [2.24, 2.45) is 0 Å². The van der Waals surface area contributed by atoms with E-state index in [1.54, 1.807) is 0 Å². The number of rotatable bonds is 8. The van der Waals surface area contributed by atoms with E-state index in [0.717, 1.165) is 32.1 Å². The van der Waals surface area contributed by atoms with Gasteiger partial charge in [-0.2, -0.15) is 0 Å². The van der Waals surface area contributed by atoms with Gasteiger partial charge < -0.3 is 5.48 Å². The molecule has 0 aliphatic rings. The van der Waals surface area contributed by atoms with E-state index in [1.165, 1.54) is 19.3 Å². The van der Waals surface area contributed by atoms with Gasteiger partial charge in [-0.25, -0.2) is 0 Å². The van der Waals surface area contributed by atoms with Crippen LogP contribution in [0.2, 0.25) is 0 Å². The van der Waals surface area contributed by atoms with E-state index in [0.29, 0.717) is 5.78 Å². The summed E-state index contributed by atoms with van der Waals surface area (Å²) in [5.74, 6) is 0.466. The van der Waals surface area contributed by atoms with Crippen molar-refractivity contribution in [1.29, 1.82) is 0 Å². The van der Waals surface area contributed by atoms with Crippen LogP contribution in [0.1, 0.15) is 65.2 Å². The standard InChI is InChI=1S/C11H22O.H2O/c1-3-5-7-8-10-11(12)9-6-4-2;/h3-10H2,1-2H3;1H2. The zero-order valence-electron chi connectivity index (χ0n) is 9.07. The Morgan fingerprint density at radius 3 is 1.92 bits per heavy atom. The van der Waals surface area contributed by atoms with Gasteiger partial charge in [0.2, 0.25) is 0 Å². The monoisotopic (exact) mass is 188 g/mol. The first-order valence-electron chi connectivity index (χ1n) is 5.33. The van der Waals surface area contributed by atoms with Crippen LogP contribution in [0.3, 0.4) is 0 Å². The molecular formula is C11H24O2. The molecule has 13 heavy (non-hydrogen) atoms. The second kappa shape index (κ2) is 11.6. The summed E-state index contributed by atoms with van der Waals surface area (Å²) in [6.07, 6.45) is 8.71. The summed E-state index contributed by atoms with van der Waals surface area (Å²) < 4.78 is 0. The minimum Gasteiger partial charge on any atom is -0.412 e. The Morgan fingerprint density at radius 1 is 0.846 bits per heavy atom. The first-order chi connectivity index (χ1) is 5.81. The molecule has 2 nitrogen and oxygen atoms in total. The van der Waals surface area contributed by atoms with Crippen molar-refractivity contribution in [3.8, 4) is 0 Å². The van der Waals surface area contributed by atoms with Crippen molar-refractivity contribution in [2.75, 3.05) is 0 Å². The average molecular weight is 188 g/mol. The summed E-state index contributed by atoms with van der Waals surface area (Å²) in [6.45, 7) is 4.32. The zero-order chi connectivity index (χ0) is 9.23. The summed E-state index contributed by atoms with van der Waals surface area (Å²) >= 11 is 0. The molecule has 0 rings (SSSR count). The van der Waals surface area contributed by atoms with Gasteiger partial charge in [0.1, 0.15) is 5.78 Å². The number of hydrogen-bond acceptors (Lipinski definition) is 1. The molecule has 0 atom stereocenters. The number of carbonyl (C=O) groups is 1. The van der Waals surface area contributed by atoms with Crippen LogP contribution in [0.15, 0.2) is 0 Å². The van der Waals surface area contributed by atoms with E-state index in [9.17, 15) is 4.79 Å². The molecule has 0 bridgehead atoms. The lowest BCUT2D eigenvalue weighted by Gasteiger charge is -1.98. The SMILES string of the molecule is CCCCCCC(=O)CCCC.O. The summed E-state index contributed by atoms with van der Waals surface area (Å²) in [4.78, 5) is 11.2. The Labute approximate surface area is 82.0 Å². The van der Waals surface area contributed by atoms with Gasteiger partial charge in [0.15, 0.2) is 0 Å². The molecule has 0 aliphatic heterocycles. The van der Waals surface area contributed by atoms with E-state index in [2.05, 4.69) is 13.8 Å². The molecule has 2 N–H and O–H groups in total. The van der Waals surface area contributed by atoms with Crippen LogP contribution in [-0.4, -0.2) is 11.3 Å². The highest BCUT2D eigenvalue weighted by atomic mass is 16.1. The second-order valence-electron chi connectivity index (χ2n) is 3.45. The van der Waals surface area contributed by atoms with Crippen LogP contribution < -0.4 is 0 Å². The average Bonchev–Trinajstić information content (AvgIpc) is 2.09. The van der Waals surface area contributed by atoms with Crippen molar-refractivity contribution in [3.05, 3.63) is 0 Å². The molecule has 0 aliphatic carbocycles. The zero-order valence-corrected chi connectivity index (χ0v) is 9.07. The first-order valence-corrected chi connectivity index (χ1v) is 5.33. The molecule has 0 aromatic rings. The molecule has 0 aromatic heterocycles.